The molecule has 5 heteroatoms. The molecule has 2 saturated heterocycles. The van der Waals surface area contributed by atoms with E-state index < -0.39 is 0 Å². The molecule has 2 heterocycles. The zero-order valence-corrected chi connectivity index (χ0v) is 16.5. The van der Waals surface area contributed by atoms with Crippen LogP contribution in [-0.2, 0) is 0 Å². The van der Waals surface area contributed by atoms with Crippen LogP contribution in [0, 0.1) is 5.92 Å². The molecule has 3 atom stereocenters. The molecule has 0 aromatic carbocycles. The average Bonchev–Trinajstić information content (AvgIpc) is 3.19. The van der Waals surface area contributed by atoms with Crippen molar-refractivity contribution >= 4 is 5.96 Å². The summed E-state index contributed by atoms with van der Waals surface area (Å²) in [6, 6.07) is 1.71. The number of hydrogen-bond acceptors (Lipinski definition) is 3. The summed E-state index contributed by atoms with van der Waals surface area (Å²) >= 11 is 0. The number of rotatable bonds is 7. The molecule has 0 spiro atoms. The van der Waals surface area contributed by atoms with E-state index in [1.165, 1.54) is 38.9 Å². The molecule has 0 aliphatic carbocycles. The van der Waals surface area contributed by atoms with Crippen LogP contribution in [0.4, 0.5) is 0 Å². The lowest BCUT2D eigenvalue weighted by Gasteiger charge is -2.26. The van der Waals surface area contributed by atoms with Gasteiger partial charge in [0.2, 0.25) is 0 Å². The van der Waals surface area contributed by atoms with Crippen molar-refractivity contribution in [3.05, 3.63) is 0 Å². The fraction of sp³-hybridized carbons (Fsp3) is 0.947. The van der Waals surface area contributed by atoms with E-state index in [9.17, 15) is 0 Å². The van der Waals surface area contributed by atoms with E-state index in [2.05, 4.69) is 55.1 Å². The van der Waals surface area contributed by atoms with Crippen molar-refractivity contribution in [3.8, 4) is 0 Å². The maximum absolute atomic E-state index is 4.93. The predicted octanol–water partition coefficient (Wildman–Crippen LogP) is 2.14. The largest absolute Gasteiger partial charge is 0.357 e. The normalized spacial score (nSPS) is 27.8. The van der Waals surface area contributed by atoms with Crippen LogP contribution in [0.5, 0.6) is 0 Å². The van der Waals surface area contributed by atoms with Gasteiger partial charge in [-0.1, -0.05) is 13.8 Å². The van der Waals surface area contributed by atoms with E-state index in [-0.39, 0.29) is 0 Å². The summed E-state index contributed by atoms with van der Waals surface area (Å²) in [4.78, 5) is 10.1. The molecular weight excluding hydrogens is 298 g/mol. The van der Waals surface area contributed by atoms with E-state index in [0.29, 0.717) is 24.0 Å². The van der Waals surface area contributed by atoms with Gasteiger partial charge in [-0.3, -0.25) is 14.8 Å². The van der Waals surface area contributed by atoms with Crippen LogP contribution in [0.15, 0.2) is 4.99 Å². The summed E-state index contributed by atoms with van der Waals surface area (Å²) in [6.07, 6.45) is 3.89. The van der Waals surface area contributed by atoms with Gasteiger partial charge in [0.1, 0.15) is 0 Å². The van der Waals surface area contributed by atoms with Gasteiger partial charge in [-0.05, 0) is 59.0 Å². The van der Waals surface area contributed by atoms with Crippen molar-refractivity contribution in [1.29, 1.82) is 0 Å². The van der Waals surface area contributed by atoms with E-state index >= 15 is 0 Å². The SMILES string of the molecule is CCNC(=NCC(CC)N1CCCC1)NC1CN(C(C)C)CC1C. The minimum atomic E-state index is 0.497. The molecule has 140 valence electrons. The van der Waals surface area contributed by atoms with Crippen LogP contribution < -0.4 is 10.6 Å². The highest BCUT2D eigenvalue weighted by atomic mass is 15.3. The fourth-order valence-corrected chi connectivity index (χ4v) is 3.92. The van der Waals surface area contributed by atoms with Crippen LogP contribution in [0.25, 0.3) is 0 Å². The average molecular weight is 338 g/mol. The molecule has 0 radical (unpaired) electrons. The van der Waals surface area contributed by atoms with Crippen LogP contribution in [0.2, 0.25) is 0 Å². The lowest BCUT2D eigenvalue weighted by molar-refractivity contribution is 0.242. The third kappa shape index (κ3) is 5.35. The Morgan fingerprint density at radius 3 is 2.38 bits per heavy atom. The first-order valence-corrected chi connectivity index (χ1v) is 10.1. The fourth-order valence-electron chi connectivity index (χ4n) is 3.92. The molecule has 24 heavy (non-hydrogen) atoms. The Bertz CT molecular complexity index is 389. The van der Waals surface area contributed by atoms with Crippen LogP contribution in [0.3, 0.4) is 0 Å². The van der Waals surface area contributed by atoms with Gasteiger partial charge in [0.15, 0.2) is 5.96 Å². The highest BCUT2D eigenvalue weighted by molar-refractivity contribution is 5.80. The third-order valence-electron chi connectivity index (χ3n) is 5.63. The van der Waals surface area contributed by atoms with Gasteiger partial charge >= 0.3 is 0 Å². The quantitative estimate of drug-likeness (QED) is 0.552. The highest BCUT2D eigenvalue weighted by Crippen LogP contribution is 2.19. The number of aliphatic imine (C=N–C) groups is 1. The lowest BCUT2D eigenvalue weighted by atomic mass is 10.1. The molecule has 2 rings (SSSR count). The van der Waals surface area contributed by atoms with Gasteiger partial charge < -0.3 is 10.6 Å². The Balaban J connectivity index is 1.92. The Morgan fingerprint density at radius 2 is 1.83 bits per heavy atom. The van der Waals surface area contributed by atoms with Crippen molar-refractivity contribution in [2.45, 2.75) is 72.0 Å². The number of likely N-dealkylation sites (tertiary alicyclic amines) is 2. The molecule has 3 unspecified atom stereocenters. The minimum absolute atomic E-state index is 0.497. The molecule has 2 aliphatic rings. The smallest absolute Gasteiger partial charge is 0.191 e. The summed E-state index contributed by atoms with van der Waals surface area (Å²) in [5, 5.41) is 7.15. The van der Waals surface area contributed by atoms with Crippen molar-refractivity contribution in [2.75, 3.05) is 39.3 Å². The molecular formula is C19H39N5. The third-order valence-corrected chi connectivity index (χ3v) is 5.63. The van der Waals surface area contributed by atoms with Crippen molar-refractivity contribution < 1.29 is 0 Å². The second kappa shape index (κ2) is 9.62. The van der Waals surface area contributed by atoms with E-state index in [4.69, 9.17) is 4.99 Å². The molecule has 2 aliphatic heterocycles. The molecule has 0 aromatic heterocycles. The number of hydrogen-bond donors (Lipinski definition) is 2. The maximum Gasteiger partial charge on any atom is 0.191 e. The number of nitrogens with zero attached hydrogens (tertiary/aromatic N) is 3. The van der Waals surface area contributed by atoms with Gasteiger partial charge in [-0.25, -0.2) is 0 Å². The molecule has 2 N–H and O–H groups in total. The lowest BCUT2D eigenvalue weighted by Crippen LogP contribution is -2.47. The molecule has 2 fully saturated rings. The Kier molecular flexibility index (Phi) is 7.82. The summed E-state index contributed by atoms with van der Waals surface area (Å²) in [7, 11) is 0. The van der Waals surface area contributed by atoms with Gasteiger partial charge in [-0.2, -0.15) is 0 Å². The van der Waals surface area contributed by atoms with Crippen molar-refractivity contribution in [2.24, 2.45) is 10.9 Å². The Labute approximate surface area is 149 Å². The second-order valence-corrected chi connectivity index (χ2v) is 7.80. The van der Waals surface area contributed by atoms with Gasteiger partial charge in [0.25, 0.3) is 0 Å². The first-order chi connectivity index (χ1) is 11.5. The number of nitrogens with one attached hydrogen (secondary N) is 2. The first kappa shape index (κ1) is 19.5. The highest BCUT2D eigenvalue weighted by Gasteiger charge is 2.31. The molecule has 5 nitrogen and oxygen atoms in total. The topological polar surface area (TPSA) is 42.9 Å². The van der Waals surface area contributed by atoms with Crippen LogP contribution in [0.1, 0.15) is 53.9 Å². The maximum atomic E-state index is 4.93. The van der Waals surface area contributed by atoms with E-state index in [0.717, 1.165) is 25.6 Å². The standard InChI is InChI=1S/C19H39N5/c1-6-17(23-10-8-9-11-23)12-21-19(20-7-2)22-18-14-24(15(3)4)13-16(18)5/h15-18H,6-14H2,1-5H3,(H2,20,21,22). The Morgan fingerprint density at radius 1 is 1.12 bits per heavy atom. The molecule has 0 aromatic rings. The van der Waals surface area contributed by atoms with Gasteiger partial charge in [0, 0.05) is 37.8 Å². The predicted molar refractivity (Wildman–Crippen MR) is 104 cm³/mol. The van der Waals surface area contributed by atoms with Crippen LogP contribution in [-0.4, -0.2) is 73.2 Å². The zero-order chi connectivity index (χ0) is 17.5. The summed E-state index contributed by atoms with van der Waals surface area (Å²) in [5.41, 5.74) is 0. The molecule has 0 saturated carbocycles. The van der Waals surface area contributed by atoms with Crippen LogP contribution >= 0.6 is 0 Å². The second-order valence-electron chi connectivity index (χ2n) is 7.80. The summed E-state index contributed by atoms with van der Waals surface area (Å²) < 4.78 is 0. The summed E-state index contributed by atoms with van der Waals surface area (Å²) in [6.45, 7) is 18.0. The Hall–Kier alpha value is -0.810. The van der Waals surface area contributed by atoms with Gasteiger partial charge in [0.05, 0.1) is 6.54 Å². The minimum Gasteiger partial charge on any atom is -0.357 e. The molecule has 0 bridgehead atoms. The van der Waals surface area contributed by atoms with E-state index in [1.807, 2.05) is 0 Å². The van der Waals surface area contributed by atoms with E-state index in [1.54, 1.807) is 0 Å². The molecule has 0 amide bonds. The monoisotopic (exact) mass is 337 g/mol. The first-order valence-electron chi connectivity index (χ1n) is 10.1. The van der Waals surface area contributed by atoms with Crippen molar-refractivity contribution in [1.82, 2.24) is 20.4 Å². The van der Waals surface area contributed by atoms with Crippen molar-refractivity contribution in [3.63, 3.8) is 0 Å². The van der Waals surface area contributed by atoms with Gasteiger partial charge in [-0.15, -0.1) is 0 Å². The summed E-state index contributed by atoms with van der Waals surface area (Å²) in [5.74, 6) is 1.66. The zero-order valence-electron chi connectivity index (χ0n) is 16.5. The number of guanidine groups is 1.